The summed E-state index contributed by atoms with van der Waals surface area (Å²) in [4.78, 5) is 16.8. The van der Waals surface area contributed by atoms with E-state index in [0.29, 0.717) is 23.9 Å². The minimum absolute atomic E-state index is 0.0456. The van der Waals surface area contributed by atoms with E-state index in [1.54, 1.807) is 31.2 Å². The molecule has 0 radical (unpaired) electrons. The highest BCUT2D eigenvalue weighted by Crippen LogP contribution is 2.31. The zero-order valence-electron chi connectivity index (χ0n) is 13.7. The molecular weight excluding hydrogens is 318 g/mol. The van der Waals surface area contributed by atoms with E-state index >= 15 is 0 Å². The maximum absolute atomic E-state index is 12.6. The number of para-hydroxylation sites is 1. The highest BCUT2D eigenvalue weighted by Gasteiger charge is 2.23. The van der Waals surface area contributed by atoms with Gasteiger partial charge in [-0.2, -0.15) is 4.98 Å². The van der Waals surface area contributed by atoms with E-state index in [4.69, 9.17) is 9.26 Å². The lowest BCUT2D eigenvalue weighted by atomic mass is 10.00. The van der Waals surface area contributed by atoms with Crippen LogP contribution >= 0.6 is 0 Å². The van der Waals surface area contributed by atoms with Gasteiger partial charge in [0, 0.05) is 23.1 Å². The normalized spacial score (nSPS) is 16.0. The largest absolute Gasteiger partial charge is 0.493 e. The molecule has 1 amide bonds. The van der Waals surface area contributed by atoms with Crippen LogP contribution in [-0.2, 0) is 0 Å². The van der Waals surface area contributed by atoms with E-state index in [1.165, 1.54) is 0 Å². The number of nitrogens with zero attached hydrogens (tertiary/aromatic N) is 2. The Morgan fingerprint density at radius 3 is 2.72 bits per heavy atom. The van der Waals surface area contributed by atoms with Crippen molar-refractivity contribution in [3.8, 4) is 17.2 Å². The molecule has 25 heavy (non-hydrogen) atoms. The molecule has 1 atom stereocenters. The topological polar surface area (TPSA) is 77.2 Å². The lowest BCUT2D eigenvalue weighted by molar-refractivity contribution is 0.0925. The maximum atomic E-state index is 12.6. The predicted octanol–water partition coefficient (Wildman–Crippen LogP) is 3.30. The summed E-state index contributed by atoms with van der Waals surface area (Å²) in [6.07, 6.45) is 0.752. The average molecular weight is 335 g/mol. The molecule has 1 aromatic heterocycles. The molecule has 6 heteroatoms. The van der Waals surface area contributed by atoms with Gasteiger partial charge in [-0.15, -0.1) is 0 Å². The third-order valence-corrected chi connectivity index (χ3v) is 4.19. The number of amides is 1. The van der Waals surface area contributed by atoms with Gasteiger partial charge < -0.3 is 14.6 Å². The Bertz CT molecular complexity index is 902. The first-order chi connectivity index (χ1) is 12.2. The monoisotopic (exact) mass is 335 g/mol. The molecule has 6 nitrogen and oxygen atoms in total. The quantitative estimate of drug-likeness (QED) is 0.794. The molecule has 2 aromatic carbocycles. The Morgan fingerprint density at radius 2 is 1.96 bits per heavy atom. The van der Waals surface area contributed by atoms with E-state index in [2.05, 4.69) is 15.5 Å². The van der Waals surface area contributed by atoms with Crippen molar-refractivity contribution in [1.82, 2.24) is 15.5 Å². The van der Waals surface area contributed by atoms with Gasteiger partial charge >= 0.3 is 0 Å². The summed E-state index contributed by atoms with van der Waals surface area (Å²) in [5.74, 6) is 1.74. The molecule has 1 N–H and O–H groups in total. The van der Waals surface area contributed by atoms with Crippen molar-refractivity contribution in [2.45, 2.75) is 19.4 Å². The lowest BCUT2D eigenvalue weighted by Gasteiger charge is -2.26. The van der Waals surface area contributed by atoms with Crippen LogP contribution in [0.5, 0.6) is 5.75 Å². The van der Waals surface area contributed by atoms with E-state index in [-0.39, 0.29) is 11.9 Å². The van der Waals surface area contributed by atoms with Crippen molar-refractivity contribution in [2.24, 2.45) is 0 Å². The molecule has 4 rings (SSSR count). The molecular formula is C19H17N3O3. The first kappa shape index (κ1) is 15.4. The Hall–Kier alpha value is -3.15. The first-order valence-electron chi connectivity index (χ1n) is 8.14. The number of ether oxygens (including phenoxy) is 1. The predicted molar refractivity (Wildman–Crippen MR) is 91.2 cm³/mol. The minimum Gasteiger partial charge on any atom is -0.493 e. The second-order valence-corrected chi connectivity index (χ2v) is 5.93. The number of fused-ring (bicyclic) bond motifs is 1. The zero-order chi connectivity index (χ0) is 17.2. The summed E-state index contributed by atoms with van der Waals surface area (Å²) in [5.41, 5.74) is 2.39. The summed E-state index contributed by atoms with van der Waals surface area (Å²) in [6, 6.07) is 14.9. The zero-order valence-corrected chi connectivity index (χ0v) is 13.7. The molecule has 0 unspecified atom stereocenters. The lowest BCUT2D eigenvalue weighted by Crippen LogP contribution is -2.32. The molecule has 0 fully saturated rings. The van der Waals surface area contributed by atoms with E-state index < -0.39 is 0 Å². The molecule has 0 saturated heterocycles. The Kier molecular flexibility index (Phi) is 3.93. The summed E-state index contributed by atoms with van der Waals surface area (Å²) in [6.45, 7) is 2.36. The number of nitrogens with one attached hydrogen (secondary N) is 1. The van der Waals surface area contributed by atoms with Gasteiger partial charge in [-0.25, -0.2) is 0 Å². The Labute approximate surface area is 144 Å². The van der Waals surface area contributed by atoms with Crippen molar-refractivity contribution in [2.75, 3.05) is 6.61 Å². The Morgan fingerprint density at radius 1 is 1.16 bits per heavy atom. The van der Waals surface area contributed by atoms with Gasteiger partial charge in [0.2, 0.25) is 0 Å². The number of aryl methyl sites for hydroxylation is 1. The van der Waals surface area contributed by atoms with Crippen molar-refractivity contribution < 1.29 is 14.1 Å². The van der Waals surface area contributed by atoms with Gasteiger partial charge in [0.15, 0.2) is 5.82 Å². The number of hydrogen-bond donors (Lipinski definition) is 1. The van der Waals surface area contributed by atoms with E-state index in [9.17, 15) is 4.79 Å². The molecule has 3 aromatic rings. The van der Waals surface area contributed by atoms with E-state index in [0.717, 1.165) is 23.3 Å². The van der Waals surface area contributed by atoms with Crippen LogP contribution in [0.25, 0.3) is 11.5 Å². The fourth-order valence-electron chi connectivity index (χ4n) is 2.91. The van der Waals surface area contributed by atoms with Crippen molar-refractivity contribution >= 4 is 5.91 Å². The van der Waals surface area contributed by atoms with Gasteiger partial charge in [0.05, 0.1) is 12.6 Å². The van der Waals surface area contributed by atoms with Crippen LogP contribution in [0.1, 0.15) is 34.2 Å². The number of carbonyl (C=O) groups excluding carboxylic acids is 1. The highest BCUT2D eigenvalue weighted by atomic mass is 16.5. The van der Waals surface area contributed by atoms with Gasteiger partial charge in [-0.1, -0.05) is 23.4 Å². The average Bonchev–Trinajstić information content (AvgIpc) is 3.08. The molecule has 126 valence electrons. The van der Waals surface area contributed by atoms with Crippen LogP contribution in [0, 0.1) is 6.92 Å². The van der Waals surface area contributed by atoms with Crippen molar-refractivity contribution in [3.63, 3.8) is 0 Å². The van der Waals surface area contributed by atoms with Gasteiger partial charge in [0.25, 0.3) is 11.8 Å². The fourth-order valence-corrected chi connectivity index (χ4v) is 2.91. The van der Waals surface area contributed by atoms with Crippen LogP contribution in [0.4, 0.5) is 0 Å². The van der Waals surface area contributed by atoms with E-state index in [1.807, 2.05) is 24.3 Å². The summed E-state index contributed by atoms with van der Waals surface area (Å²) in [7, 11) is 0. The first-order valence-corrected chi connectivity index (χ1v) is 8.14. The smallest absolute Gasteiger partial charge is 0.257 e. The van der Waals surface area contributed by atoms with Crippen LogP contribution in [0.2, 0.25) is 0 Å². The number of benzene rings is 2. The van der Waals surface area contributed by atoms with Crippen LogP contribution in [-0.4, -0.2) is 22.7 Å². The van der Waals surface area contributed by atoms with Crippen LogP contribution < -0.4 is 10.1 Å². The second kappa shape index (κ2) is 6.39. The van der Waals surface area contributed by atoms with Crippen LogP contribution in [0.15, 0.2) is 53.1 Å². The second-order valence-electron chi connectivity index (χ2n) is 5.93. The number of carbonyl (C=O) groups is 1. The molecule has 1 aliphatic heterocycles. The minimum atomic E-state index is -0.116. The summed E-state index contributed by atoms with van der Waals surface area (Å²) in [5, 5.41) is 6.86. The summed E-state index contributed by atoms with van der Waals surface area (Å²) >= 11 is 0. The third kappa shape index (κ3) is 3.10. The molecule has 2 heterocycles. The molecule has 0 spiro atoms. The standard InChI is InChI=1S/C19H17N3O3/c1-12-20-19(25-22-12)14-8-6-13(7-9-14)18(23)21-16-10-11-24-17-5-3-2-4-15(16)17/h2-9,16H,10-11H2,1H3,(H,21,23)/t16-/m1/s1. The van der Waals surface area contributed by atoms with Crippen molar-refractivity contribution in [3.05, 3.63) is 65.5 Å². The fraction of sp³-hybridized carbons (Fsp3) is 0.211. The molecule has 1 aliphatic rings. The molecule has 0 aliphatic carbocycles. The Balaban J connectivity index is 1.50. The maximum Gasteiger partial charge on any atom is 0.257 e. The van der Waals surface area contributed by atoms with Gasteiger partial charge in [-0.05, 0) is 37.3 Å². The molecule has 0 bridgehead atoms. The van der Waals surface area contributed by atoms with Crippen molar-refractivity contribution in [1.29, 1.82) is 0 Å². The highest BCUT2D eigenvalue weighted by molar-refractivity contribution is 5.94. The van der Waals surface area contributed by atoms with Gasteiger partial charge in [0.1, 0.15) is 5.75 Å². The van der Waals surface area contributed by atoms with Gasteiger partial charge in [-0.3, -0.25) is 4.79 Å². The SMILES string of the molecule is Cc1noc(-c2ccc(C(=O)N[C@@H]3CCOc4ccccc43)cc2)n1. The molecule has 0 saturated carbocycles. The van der Waals surface area contributed by atoms with Crippen LogP contribution in [0.3, 0.4) is 0 Å². The third-order valence-electron chi connectivity index (χ3n) is 4.19. The number of aromatic nitrogens is 2. The summed E-state index contributed by atoms with van der Waals surface area (Å²) < 4.78 is 10.8. The number of rotatable bonds is 3. The number of hydrogen-bond acceptors (Lipinski definition) is 5.